The number of methoxy groups -OCH3 is 1. The molecule has 3 rings (SSSR count). The summed E-state index contributed by atoms with van der Waals surface area (Å²) < 4.78 is 10.6. The van der Waals surface area contributed by atoms with Crippen LogP contribution in [0, 0.1) is 45.3 Å². The van der Waals surface area contributed by atoms with Gasteiger partial charge in [0.1, 0.15) is 11.8 Å². The lowest BCUT2D eigenvalue weighted by Crippen LogP contribution is -2.49. The lowest BCUT2D eigenvalue weighted by molar-refractivity contribution is 0.0998. The Balaban J connectivity index is 2.28. The predicted molar refractivity (Wildman–Crippen MR) is 106 cm³/mol. The number of allylic oxidation sites excluding steroid dienone is 2. The zero-order valence-electron chi connectivity index (χ0n) is 16.8. The minimum atomic E-state index is -1.79. The number of carbonyl (C=O) groups is 1. The van der Waals surface area contributed by atoms with Crippen LogP contribution in [0.4, 0.5) is 4.79 Å². The number of amides is 1. The zero-order valence-corrected chi connectivity index (χ0v) is 16.8. The Morgan fingerprint density at radius 2 is 2.00 bits per heavy atom. The number of nitriles is 3. The van der Waals surface area contributed by atoms with E-state index in [0.29, 0.717) is 16.9 Å². The number of carbonyl (C=O) groups excluding carboxylic acids is 1. The molecule has 1 aromatic carbocycles. The molecule has 0 saturated heterocycles. The second kappa shape index (κ2) is 8.19. The second-order valence-electron chi connectivity index (χ2n) is 7.02. The van der Waals surface area contributed by atoms with E-state index >= 15 is 0 Å². The van der Waals surface area contributed by atoms with Gasteiger partial charge in [0, 0.05) is 30.5 Å². The fourth-order valence-electron chi connectivity index (χ4n) is 4.31. The van der Waals surface area contributed by atoms with Crippen LogP contribution in [0.25, 0.3) is 0 Å². The average Bonchev–Trinajstić information content (AvgIpc) is 2.78. The second-order valence-corrected chi connectivity index (χ2v) is 7.02. The molecular formula is C22H21N5O3. The van der Waals surface area contributed by atoms with E-state index in [2.05, 4.69) is 18.2 Å². The van der Waals surface area contributed by atoms with Crippen molar-refractivity contribution in [1.29, 1.82) is 15.8 Å². The summed E-state index contributed by atoms with van der Waals surface area (Å²) in [5, 5.41) is 30.0. The molecule has 1 amide bonds. The van der Waals surface area contributed by atoms with Crippen molar-refractivity contribution in [1.82, 2.24) is 4.90 Å². The maximum Gasteiger partial charge on any atom is 0.410 e. The van der Waals surface area contributed by atoms with Gasteiger partial charge >= 0.3 is 6.09 Å². The van der Waals surface area contributed by atoms with Crippen LogP contribution in [0.2, 0.25) is 0 Å². The minimum absolute atomic E-state index is 0.0713. The van der Waals surface area contributed by atoms with E-state index < -0.39 is 23.3 Å². The van der Waals surface area contributed by atoms with Crippen molar-refractivity contribution in [2.75, 3.05) is 26.8 Å². The Bertz CT molecular complexity index is 1040. The molecule has 1 aromatic rings. The van der Waals surface area contributed by atoms with Crippen molar-refractivity contribution in [2.45, 2.75) is 12.8 Å². The molecule has 0 aromatic heterocycles. The number of ether oxygens (including phenoxy) is 2. The van der Waals surface area contributed by atoms with E-state index in [9.17, 15) is 20.6 Å². The molecule has 0 saturated carbocycles. The first-order chi connectivity index (χ1) is 14.5. The van der Waals surface area contributed by atoms with Gasteiger partial charge in [0.05, 0.1) is 37.1 Å². The van der Waals surface area contributed by atoms with E-state index in [0.717, 1.165) is 0 Å². The number of benzene rings is 1. The van der Waals surface area contributed by atoms with E-state index in [1.54, 1.807) is 37.3 Å². The smallest absolute Gasteiger partial charge is 0.410 e. The van der Waals surface area contributed by atoms with Gasteiger partial charge in [-0.1, -0.05) is 24.3 Å². The molecule has 2 N–H and O–H groups in total. The first-order valence-corrected chi connectivity index (χ1v) is 9.46. The van der Waals surface area contributed by atoms with Crippen molar-refractivity contribution in [3.05, 3.63) is 52.7 Å². The summed E-state index contributed by atoms with van der Waals surface area (Å²) in [5.74, 6) is -0.761. The molecule has 1 heterocycles. The van der Waals surface area contributed by atoms with Crippen LogP contribution < -0.4 is 10.5 Å². The first-order valence-electron chi connectivity index (χ1n) is 9.46. The van der Waals surface area contributed by atoms with Crippen LogP contribution in [-0.2, 0) is 4.74 Å². The van der Waals surface area contributed by atoms with Gasteiger partial charge in [0.2, 0.25) is 0 Å². The average molecular weight is 403 g/mol. The van der Waals surface area contributed by atoms with E-state index in [1.165, 1.54) is 12.0 Å². The number of hydrogen-bond acceptors (Lipinski definition) is 7. The molecule has 0 unspecified atom stereocenters. The van der Waals surface area contributed by atoms with Crippen LogP contribution >= 0.6 is 0 Å². The number of nitrogens with zero attached hydrogens (tertiary/aromatic N) is 4. The fraction of sp³-hybridized carbons (Fsp3) is 0.364. The highest BCUT2D eigenvalue weighted by molar-refractivity contribution is 5.69. The lowest BCUT2D eigenvalue weighted by atomic mass is 9.58. The van der Waals surface area contributed by atoms with Gasteiger partial charge < -0.3 is 20.1 Å². The highest BCUT2D eigenvalue weighted by Gasteiger charge is 2.55. The van der Waals surface area contributed by atoms with Gasteiger partial charge in [-0.25, -0.2) is 4.79 Å². The molecule has 0 radical (unpaired) electrons. The summed E-state index contributed by atoms with van der Waals surface area (Å²) in [7, 11) is 1.50. The zero-order chi connectivity index (χ0) is 21.9. The Labute approximate surface area is 175 Å². The molecule has 1 aliphatic heterocycles. The van der Waals surface area contributed by atoms with Gasteiger partial charge in [0.15, 0.2) is 5.41 Å². The van der Waals surface area contributed by atoms with Gasteiger partial charge in [0.25, 0.3) is 0 Å². The molecule has 0 fully saturated rings. The monoisotopic (exact) mass is 403 g/mol. The van der Waals surface area contributed by atoms with Crippen LogP contribution in [0.5, 0.6) is 5.75 Å². The maximum atomic E-state index is 12.4. The molecule has 2 aliphatic rings. The molecule has 2 atom stereocenters. The Hall–Kier alpha value is -3.96. The Kier molecular flexibility index (Phi) is 5.67. The van der Waals surface area contributed by atoms with Crippen molar-refractivity contribution in [3.63, 3.8) is 0 Å². The number of hydrogen-bond donors (Lipinski definition) is 1. The molecular weight excluding hydrogens is 382 g/mol. The molecule has 8 nitrogen and oxygen atoms in total. The van der Waals surface area contributed by atoms with Gasteiger partial charge in [-0.05, 0) is 18.6 Å². The summed E-state index contributed by atoms with van der Waals surface area (Å²) in [6, 6.07) is 13.3. The molecule has 152 valence electrons. The Morgan fingerprint density at radius 1 is 1.30 bits per heavy atom. The minimum Gasteiger partial charge on any atom is -0.496 e. The Morgan fingerprint density at radius 3 is 2.60 bits per heavy atom. The van der Waals surface area contributed by atoms with Crippen molar-refractivity contribution >= 4 is 6.09 Å². The third-order valence-corrected chi connectivity index (χ3v) is 5.66. The predicted octanol–water partition coefficient (Wildman–Crippen LogP) is 2.58. The molecule has 0 spiro atoms. The van der Waals surface area contributed by atoms with Gasteiger partial charge in [-0.3, -0.25) is 0 Å². The molecule has 0 bridgehead atoms. The van der Waals surface area contributed by atoms with E-state index in [-0.39, 0.29) is 31.0 Å². The first kappa shape index (κ1) is 20.8. The van der Waals surface area contributed by atoms with Crippen LogP contribution in [0.15, 0.2) is 47.2 Å². The van der Waals surface area contributed by atoms with Crippen molar-refractivity contribution < 1.29 is 14.3 Å². The fourth-order valence-corrected chi connectivity index (χ4v) is 4.31. The third-order valence-electron chi connectivity index (χ3n) is 5.66. The highest BCUT2D eigenvalue weighted by atomic mass is 16.6. The molecule has 8 heteroatoms. The standard InChI is InChI=1S/C22H21N5O3/c1-3-30-21(28)27-9-8-14-16(10-23)20(26)22(12-24,13-25)19(17(14)11-27)15-6-4-5-7-18(15)29-2/h4-8,17,19H,3,9,11,26H2,1-2H3/t17-,19+/m0/s1. The number of rotatable bonds is 3. The highest BCUT2D eigenvalue weighted by Crippen LogP contribution is 2.55. The molecule has 1 aliphatic carbocycles. The van der Waals surface area contributed by atoms with E-state index in [1.807, 2.05) is 0 Å². The number of nitrogens with two attached hydrogens (primary N) is 1. The van der Waals surface area contributed by atoms with Crippen molar-refractivity contribution in [3.8, 4) is 24.0 Å². The summed E-state index contributed by atoms with van der Waals surface area (Å²) in [6.45, 7) is 2.36. The summed E-state index contributed by atoms with van der Waals surface area (Å²) in [6.07, 6.45) is 1.25. The lowest BCUT2D eigenvalue weighted by Gasteiger charge is -2.45. The molecule has 30 heavy (non-hydrogen) atoms. The van der Waals surface area contributed by atoms with E-state index in [4.69, 9.17) is 15.2 Å². The summed E-state index contributed by atoms with van der Waals surface area (Å²) in [4.78, 5) is 13.9. The van der Waals surface area contributed by atoms with Crippen molar-refractivity contribution in [2.24, 2.45) is 17.1 Å². The van der Waals surface area contributed by atoms with Crippen LogP contribution in [0.3, 0.4) is 0 Å². The normalized spacial score (nSPS) is 22.0. The third kappa shape index (κ3) is 3.02. The maximum absolute atomic E-state index is 12.4. The van der Waals surface area contributed by atoms with Gasteiger partial charge in [-0.2, -0.15) is 15.8 Å². The number of para-hydroxylation sites is 1. The summed E-state index contributed by atoms with van der Waals surface area (Å²) in [5.41, 5.74) is 5.79. The summed E-state index contributed by atoms with van der Waals surface area (Å²) >= 11 is 0. The quantitative estimate of drug-likeness (QED) is 0.819. The van der Waals surface area contributed by atoms with Crippen LogP contribution in [-0.4, -0.2) is 37.8 Å². The van der Waals surface area contributed by atoms with Gasteiger partial charge in [-0.15, -0.1) is 0 Å². The largest absolute Gasteiger partial charge is 0.496 e. The topological polar surface area (TPSA) is 136 Å². The number of fused-ring (bicyclic) bond motifs is 1. The van der Waals surface area contributed by atoms with Crippen LogP contribution in [0.1, 0.15) is 18.4 Å². The SMILES string of the molecule is CCOC(=O)N1CC=C2C(C#N)=C(N)C(C#N)(C#N)[C@H](c3ccccc3OC)[C@H]2C1.